The SMILES string of the molecule is CC1CCCC(NC(=O)OCC2c3ccccc3-c3ccccc32)(C(=O)NC(CN(C)Cc2ccccc2)C(=O)O)C1. The van der Waals surface area contributed by atoms with Gasteiger partial charge in [0.15, 0.2) is 0 Å². The van der Waals surface area contributed by atoms with Crippen molar-refractivity contribution >= 4 is 18.0 Å². The third kappa shape index (κ3) is 6.49. The number of nitrogens with zero attached hydrogens (tertiary/aromatic N) is 1. The largest absolute Gasteiger partial charge is 0.480 e. The molecule has 3 N–H and O–H groups in total. The normalized spacial score (nSPS) is 20.3. The topological polar surface area (TPSA) is 108 Å². The summed E-state index contributed by atoms with van der Waals surface area (Å²) in [6, 6.07) is 24.8. The molecule has 5 rings (SSSR count). The molecule has 0 aliphatic heterocycles. The lowest BCUT2D eigenvalue weighted by Crippen LogP contribution is -2.63. The van der Waals surface area contributed by atoms with E-state index in [0.717, 1.165) is 40.7 Å². The molecular weight excluding hydrogens is 530 g/mol. The lowest BCUT2D eigenvalue weighted by molar-refractivity contribution is -0.144. The quantitative estimate of drug-likeness (QED) is 0.311. The Kier molecular flexibility index (Phi) is 8.92. The van der Waals surface area contributed by atoms with E-state index in [-0.39, 0.29) is 25.0 Å². The summed E-state index contributed by atoms with van der Waals surface area (Å²) >= 11 is 0. The zero-order valence-electron chi connectivity index (χ0n) is 24.2. The highest BCUT2D eigenvalue weighted by Crippen LogP contribution is 2.44. The van der Waals surface area contributed by atoms with Crippen molar-refractivity contribution in [1.82, 2.24) is 15.5 Å². The van der Waals surface area contributed by atoms with Crippen LogP contribution < -0.4 is 10.6 Å². The van der Waals surface area contributed by atoms with Crippen molar-refractivity contribution in [3.63, 3.8) is 0 Å². The maximum Gasteiger partial charge on any atom is 0.408 e. The van der Waals surface area contributed by atoms with Crippen LogP contribution in [-0.2, 0) is 20.9 Å². The summed E-state index contributed by atoms with van der Waals surface area (Å²) in [6.45, 7) is 2.84. The van der Waals surface area contributed by atoms with Crippen molar-refractivity contribution in [3.8, 4) is 11.1 Å². The number of benzene rings is 3. The number of carboxylic acids is 1. The molecule has 3 aromatic carbocycles. The van der Waals surface area contributed by atoms with E-state index in [1.807, 2.05) is 73.5 Å². The number of hydrogen-bond donors (Lipinski definition) is 3. The first-order valence-corrected chi connectivity index (χ1v) is 14.6. The van der Waals surface area contributed by atoms with Gasteiger partial charge in [-0.05, 0) is 53.6 Å². The number of ether oxygens (including phenoxy) is 1. The smallest absolute Gasteiger partial charge is 0.408 e. The molecule has 0 heterocycles. The van der Waals surface area contributed by atoms with Crippen LogP contribution in [0.3, 0.4) is 0 Å². The number of fused-ring (bicyclic) bond motifs is 3. The zero-order chi connectivity index (χ0) is 29.7. The highest BCUT2D eigenvalue weighted by molar-refractivity contribution is 5.93. The molecule has 1 saturated carbocycles. The van der Waals surface area contributed by atoms with Crippen molar-refractivity contribution in [2.45, 2.75) is 56.7 Å². The molecule has 2 aliphatic carbocycles. The number of nitrogens with one attached hydrogen (secondary N) is 2. The molecule has 3 aromatic rings. The summed E-state index contributed by atoms with van der Waals surface area (Å²) in [5, 5.41) is 15.6. The van der Waals surface area contributed by atoms with Crippen molar-refractivity contribution in [3.05, 3.63) is 95.6 Å². The number of amides is 2. The van der Waals surface area contributed by atoms with Crippen LogP contribution in [0.2, 0.25) is 0 Å². The Labute approximate surface area is 247 Å². The molecular formula is C34H39N3O5. The van der Waals surface area contributed by atoms with E-state index >= 15 is 0 Å². The van der Waals surface area contributed by atoms with Gasteiger partial charge < -0.3 is 20.5 Å². The highest BCUT2D eigenvalue weighted by Gasteiger charge is 2.45. The van der Waals surface area contributed by atoms with E-state index in [1.165, 1.54) is 0 Å². The predicted molar refractivity (Wildman–Crippen MR) is 161 cm³/mol. The molecule has 2 amide bonds. The van der Waals surface area contributed by atoms with Gasteiger partial charge in [0.2, 0.25) is 5.91 Å². The number of rotatable bonds is 10. The second-order valence-electron chi connectivity index (χ2n) is 11.8. The van der Waals surface area contributed by atoms with Crippen LogP contribution in [0, 0.1) is 5.92 Å². The molecule has 1 fully saturated rings. The summed E-state index contributed by atoms with van der Waals surface area (Å²) in [6.07, 6.45) is 1.83. The van der Waals surface area contributed by atoms with Crippen molar-refractivity contribution in [2.75, 3.05) is 20.2 Å². The number of carbonyl (C=O) groups excluding carboxylic acids is 2. The fourth-order valence-corrected chi connectivity index (χ4v) is 6.51. The molecule has 8 heteroatoms. The second-order valence-corrected chi connectivity index (χ2v) is 11.8. The van der Waals surface area contributed by atoms with Crippen molar-refractivity contribution < 1.29 is 24.2 Å². The average molecular weight is 570 g/mol. The van der Waals surface area contributed by atoms with E-state index < -0.39 is 29.6 Å². The van der Waals surface area contributed by atoms with Gasteiger partial charge in [-0.2, -0.15) is 0 Å². The Hall–Kier alpha value is -4.17. The van der Waals surface area contributed by atoms with Crippen LogP contribution in [0.5, 0.6) is 0 Å². The molecule has 0 radical (unpaired) electrons. The Morgan fingerprint density at radius 3 is 2.21 bits per heavy atom. The van der Waals surface area contributed by atoms with Gasteiger partial charge in [-0.15, -0.1) is 0 Å². The minimum absolute atomic E-state index is 0.102. The molecule has 2 aliphatic rings. The van der Waals surface area contributed by atoms with Gasteiger partial charge in [0.25, 0.3) is 0 Å². The minimum atomic E-state index is -1.24. The Morgan fingerprint density at radius 1 is 0.976 bits per heavy atom. The standard InChI is InChI=1S/C34H39N3O5/c1-23-11-10-18-34(19-23,32(40)35-30(31(38)39)21-37(2)20-24-12-4-3-5-13-24)36-33(41)42-22-29-27-16-8-6-14-25(27)26-15-7-9-17-28(26)29/h3-9,12-17,23,29-30H,10-11,18-22H2,1-2H3,(H,35,40)(H,36,41)(H,38,39). The summed E-state index contributed by atoms with van der Waals surface area (Å²) in [5.74, 6) is -1.52. The number of alkyl carbamates (subject to hydrolysis) is 1. The first-order valence-electron chi connectivity index (χ1n) is 14.6. The number of carboxylic acid groups (broad SMARTS) is 1. The molecule has 3 atom stereocenters. The van der Waals surface area contributed by atoms with Crippen LogP contribution in [0.15, 0.2) is 78.9 Å². The Morgan fingerprint density at radius 2 is 1.60 bits per heavy atom. The predicted octanol–water partition coefficient (Wildman–Crippen LogP) is 5.18. The third-order valence-electron chi connectivity index (χ3n) is 8.51. The van der Waals surface area contributed by atoms with Gasteiger partial charge in [0, 0.05) is 19.0 Å². The summed E-state index contributed by atoms with van der Waals surface area (Å²) in [4.78, 5) is 41.1. The van der Waals surface area contributed by atoms with Gasteiger partial charge in [0.1, 0.15) is 18.2 Å². The second kappa shape index (κ2) is 12.8. The summed E-state index contributed by atoms with van der Waals surface area (Å²) < 4.78 is 5.78. The van der Waals surface area contributed by atoms with Crippen LogP contribution in [0.1, 0.15) is 55.2 Å². The summed E-state index contributed by atoms with van der Waals surface area (Å²) in [7, 11) is 1.82. The molecule has 220 valence electrons. The first kappa shape index (κ1) is 29.3. The van der Waals surface area contributed by atoms with Gasteiger partial charge in [-0.25, -0.2) is 9.59 Å². The van der Waals surface area contributed by atoms with E-state index in [1.54, 1.807) is 0 Å². The lowest BCUT2D eigenvalue weighted by Gasteiger charge is -2.39. The molecule has 0 aromatic heterocycles. The van der Waals surface area contributed by atoms with Crippen LogP contribution in [0.4, 0.5) is 4.79 Å². The number of carbonyl (C=O) groups is 3. The molecule has 8 nitrogen and oxygen atoms in total. The van der Waals surface area contributed by atoms with Gasteiger partial charge in [-0.1, -0.05) is 98.6 Å². The maximum atomic E-state index is 13.8. The fraction of sp³-hybridized carbons (Fsp3) is 0.382. The van der Waals surface area contributed by atoms with E-state index in [0.29, 0.717) is 19.4 Å². The van der Waals surface area contributed by atoms with E-state index in [4.69, 9.17) is 4.74 Å². The van der Waals surface area contributed by atoms with Crippen molar-refractivity contribution in [1.29, 1.82) is 0 Å². The minimum Gasteiger partial charge on any atom is -0.480 e. The number of likely N-dealkylation sites (N-methyl/N-ethyl adjacent to an activating group) is 1. The molecule has 3 unspecified atom stereocenters. The first-order chi connectivity index (χ1) is 20.3. The number of aliphatic carboxylic acids is 1. The van der Waals surface area contributed by atoms with Crippen molar-refractivity contribution in [2.24, 2.45) is 5.92 Å². The van der Waals surface area contributed by atoms with Gasteiger partial charge in [0.05, 0.1) is 0 Å². The van der Waals surface area contributed by atoms with E-state index in [2.05, 4.69) is 34.9 Å². The van der Waals surface area contributed by atoms with Gasteiger partial charge in [-0.3, -0.25) is 9.69 Å². The maximum absolute atomic E-state index is 13.8. The summed E-state index contributed by atoms with van der Waals surface area (Å²) in [5.41, 5.74) is 4.28. The zero-order valence-corrected chi connectivity index (χ0v) is 24.2. The molecule has 0 bridgehead atoms. The van der Waals surface area contributed by atoms with Crippen LogP contribution >= 0.6 is 0 Å². The Bertz CT molecular complexity index is 1380. The van der Waals surface area contributed by atoms with Crippen LogP contribution in [-0.4, -0.2) is 59.8 Å². The number of hydrogen-bond acceptors (Lipinski definition) is 5. The average Bonchev–Trinajstić information content (AvgIpc) is 3.29. The van der Waals surface area contributed by atoms with Crippen LogP contribution in [0.25, 0.3) is 11.1 Å². The highest BCUT2D eigenvalue weighted by atomic mass is 16.5. The lowest BCUT2D eigenvalue weighted by atomic mass is 9.75. The molecule has 0 spiro atoms. The van der Waals surface area contributed by atoms with Gasteiger partial charge >= 0.3 is 12.1 Å². The monoisotopic (exact) mass is 569 g/mol. The fourth-order valence-electron chi connectivity index (χ4n) is 6.51. The van der Waals surface area contributed by atoms with E-state index in [9.17, 15) is 19.5 Å². The molecule has 0 saturated heterocycles. The third-order valence-corrected chi connectivity index (χ3v) is 8.51. The Balaban J connectivity index is 1.26. The molecule has 42 heavy (non-hydrogen) atoms.